The lowest BCUT2D eigenvalue weighted by molar-refractivity contribution is 0.0785. The minimum absolute atomic E-state index is 0.0362. The average Bonchev–Trinajstić information content (AvgIpc) is 3.25. The highest BCUT2D eigenvalue weighted by atomic mass is 16.5. The Hall–Kier alpha value is -3.22. The van der Waals surface area contributed by atoms with E-state index in [1.807, 2.05) is 24.3 Å². The number of nitrogens with zero attached hydrogens (tertiary/aromatic N) is 4. The molecule has 1 aliphatic heterocycles. The quantitative estimate of drug-likeness (QED) is 0.708. The summed E-state index contributed by atoms with van der Waals surface area (Å²) in [4.78, 5) is 36.3. The molecule has 0 N–H and O–H groups in total. The summed E-state index contributed by atoms with van der Waals surface area (Å²) in [6.45, 7) is 1.65. The number of carbonyl (C=O) groups excluding carboxylic acids is 1. The highest BCUT2D eigenvalue weighted by Gasteiger charge is 2.25. The van der Waals surface area contributed by atoms with Crippen LogP contribution in [0.15, 0.2) is 47.4 Å². The number of likely N-dealkylation sites (tertiary alicyclic amines) is 1. The molecule has 7 nitrogen and oxygen atoms in total. The number of hydrogen-bond donors (Lipinski definition) is 0. The van der Waals surface area contributed by atoms with Crippen molar-refractivity contribution in [2.75, 3.05) is 20.2 Å². The van der Waals surface area contributed by atoms with Crippen molar-refractivity contribution in [2.45, 2.75) is 19.4 Å². The molecule has 1 aliphatic rings. The molecule has 138 valence electrons. The second-order valence-corrected chi connectivity index (χ2v) is 6.55. The SMILES string of the molecule is COc1ccc(Cn2c(=O)c(C(=O)N3CCCC3)nc3cccnc32)cc1. The molecule has 1 aromatic carbocycles. The van der Waals surface area contributed by atoms with E-state index < -0.39 is 5.56 Å². The Kier molecular flexibility index (Phi) is 4.58. The molecule has 1 saturated heterocycles. The first-order valence-corrected chi connectivity index (χ1v) is 8.95. The summed E-state index contributed by atoms with van der Waals surface area (Å²) in [5, 5.41) is 0. The Morgan fingerprint density at radius 2 is 1.89 bits per heavy atom. The van der Waals surface area contributed by atoms with E-state index in [0.29, 0.717) is 30.8 Å². The molecule has 1 amide bonds. The van der Waals surface area contributed by atoms with Crippen molar-refractivity contribution in [2.24, 2.45) is 0 Å². The number of ether oxygens (including phenoxy) is 1. The summed E-state index contributed by atoms with van der Waals surface area (Å²) >= 11 is 0. The number of benzene rings is 1. The highest BCUT2D eigenvalue weighted by molar-refractivity contribution is 5.93. The maximum atomic E-state index is 13.1. The third-order valence-electron chi connectivity index (χ3n) is 4.80. The van der Waals surface area contributed by atoms with E-state index in [0.717, 1.165) is 24.2 Å². The van der Waals surface area contributed by atoms with Crippen LogP contribution in [0.5, 0.6) is 5.75 Å². The molecule has 0 saturated carbocycles. The van der Waals surface area contributed by atoms with Gasteiger partial charge in [0.05, 0.1) is 13.7 Å². The highest BCUT2D eigenvalue weighted by Crippen LogP contribution is 2.15. The van der Waals surface area contributed by atoms with E-state index >= 15 is 0 Å². The van der Waals surface area contributed by atoms with Gasteiger partial charge in [0.25, 0.3) is 11.5 Å². The molecule has 4 rings (SSSR count). The lowest BCUT2D eigenvalue weighted by Gasteiger charge is -2.16. The Morgan fingerprint density at radius 1 is 1.15 bits per heavy atom. The van der Waals surface area contributed by atoms with Gasteiger partial charge in [0.1, 0.15) is 11.3 Å². The first kappa shape index (κ1) is 17.2. The molecule has 0 radical (unpaired) electrons. The average molecular weight is 364 g/mol. The molecule has 0 aliphatic carbocycles. The topological polar surface area (TPSA) is 77.3 Å². The fourth-order valence-corrected chi connectivity index (χ4v) is 3.35. The van der Waals surface area contributed by atoms with E-state index in [1.54, 1.807) is 30.3 Å². The van der Waals surface area contributed by atoms with Crippen molar-refractivity contribution >= 4 is 17.1 Å². The second-order valence-electron chi connectivity index (χ2n) is 6.55. The van der Waals surface area contributed by atoms with Crippen LogP contribution in [0.4, 0.5) is 0 Å². The summed E-state index contributed by atoms with van der Waals surface area (Å²) in [6, 6.07) is 11.0. The Morgan fingerprint density at radius 3 is 2.59 bits per heavy atom. The molecule has 0 spiro atoms. The summed E-state index contributed by atoms with van der Waals surface area (Å²) < 4.78 is 6.70. The number of methoxy groups -OCH3 is 1. The lowest BCUT2D eigenvalue weighted by atomic mass is 10.2. The number of rotatable bonds is 4. The molecule has 0 bridgehead atoms. The van der Waals surface area contributed by atoms with Gasteiger partial charge in [0.2, 0.25) is 0 Å². The summed E-state index contributed by atoms with van der Waals surface area (Å²) in [5.41, 5.74) is 1.47. The zero-order valence-corrected chi connectivity index (χ0v) is 15.1. The van der Waals surface area contributed by atoms with Crippen molar-refractivity contribution in [3.63, 3.8) is 0 Å². The van der Waals surface area contributed by atoms with Gasteiger partial charge < -0.3 is 9.64 Å². The van der Waals surface area contributed by atoms with Crippen LogP contribution >= 0.6 is 0 Å². The predicted molar refractivity (Wildman–Crippen MR) is 101 cm³/mol. The number of hydrogen-bond acceptors (Lipinski definition) is 5. The lowest BCUT2D eigenvalue weighted by Crippen LogP contribution is -2.36. The van der Waals surface area contributed by atoms with Gasteiger partial charge >= 0.3 is 0 Å². The number of aromatic nitrogens is 3. The fraction of sp³-hybridized carbons (Fsp3) is 0.300. The molecule has 2 aromatic heterocycles. The number of amides is 1. The van der Waals surface area contributed by atoms with Crippen LogP contribution < -0.4 is 10.3 Å². The van der Waals surface area contributed by atoms with Crippen LogP contribution in [0, 0.1) is 0 Å². The van der Waals surface area contributed by atoms with Crippen molar-refractivity contribution < 1.29 is 9.53 Å². The van der Waals surface area contributed by atoms with Crippen molar-refractivity contribution in [1.29, 1.82) is 0 Å². The van der Waals surface area contributed by atoms with E-state index in [9.17, 15) is 9.59 Å². The van der Waals surface area contributed by atoms with Gasteiger partial charge in [0.15, 0.2) is 11.3 Å². The van der Waals surface area contributed by atoms with Crippen molar-refractivity contribution in [3.8, 4) is 5.75 Å². The van der Waals surface area contributed by atoms with Gasteiger partial charge in [-0.3, -0.25) is 14.2 Å². The summed E-state index contributed by atoms with van der Waals surface area (Å²) in [6.07, 6.45) is 3.54. The number of fused-ring (bicyclic) bond motifs is 1. The Labute approximate surface area is 156 Å². The van der Waals surface area contributed by atoms with Crippen molar-refractivity contribution in [1.82, 2.24) is 19.4 Å². The van der Waals surface area contributed by atoms with E-state index in [1.165, 1.54) is 4.57 Å². The van der Waals surface area contributed by atoms with Crippen molar-refractivity contribution in [3.05, 3.63) is 64.2 Å². The first-order valence-electron chi connectivity index (χ1n) is 8.95. The van der Waals surface area contributed by atoms with Crippen LogP contribution in [0.25, 0.3) is 11.2 Å². The molecule has 3 heterocycles. The first-order chi connectivity index (χ1) is 13.2. The molecule has 0 atom stereocenters. The van der Waals surface area contributed by atoms with Crippen LogP contribution in [-0.4, -0.2) is 45.5 Å². The Bertz CT molecular complexity index is 1040. The number of pyridine rings is 1. The molecular formula is C20H20N4O3. The van der Waals surface area contributed by atoms with Crippen LogP contribution in [0.1, 0.15) is 28.9 Å². The molecule has 1 fully saturated rings. The largest absolute Gasteiger partial charge is 0.497 e. The monoisotopic (exact) mass is 364 g/mol. The van der Waals surface area contributed by atoms with Crippen LogP contribution in [0.3, 0.4) is 0 Å². The minimum Gasteiger partial charge on any atom is -0.497 e. The van der Waals surface area contributed by atoms with Gasteiger partial charge in [-0.2, -0.15) is 0 Å². The molecule has 0 unspecified atom stereocenters. The Balaban J connectivity index is 1.80. The molecule has 3 aromatic rings. The maximum absolute atomic E-state index is 13.1. The number of carbonyl (C=O) groups is 1. The third-order valence-corrected chi connectivity index (χ3v) is 4.80. The standard InChI is InChI=1S/C20H20N4O3/c1-27-15-8-6-14(7-9-15)13-24-18-16(5-4-10-21-18)22-17(20(24)26)19(25)23-11-2-3-12-23/h4-10H,2-3,11-13H2,1H3. The molecule has 7 heteroatoms. The van der Waals surface area contributed by atoms with E-state index in [4.69, 9.17) is 4.74 Å². The van der Waals surface area contributed by atoms with E-state index in [-0.39, 0.29) is 11.6 Å². The minimum atomic E-state index is -0.408. The van der Waals surface area contributed by atoms with Gasteiger partial charge in [-0.05, 0) is 42.7 Å². The zero-order valence-electron chi connectivity index (χ0n) is 15.1. The normalized spacial score (nSPS) is 13.9. The molecule has 27 heavy (non-hydrogen) atoms. The smallest absolute Gasteiger partial charge is 0.284 e. The molecular weight excluding hydrogens is 344 g/mol. The van der Waals surface area contributed by atoms with Gasteiger partial charge in [-0.15, -0.1) is 0 Å². The van der Waals surface area contributed by atoms with E-state index in [2.05, 4.69) is 9.97 Å². The fourth-order valence-electron chi connectivity index (χ4n) is 3.35. The maximum Gasteiger partial charge on any atom is 0.284 e. The van der Waals surface area contributed by atoms with Gasteiger partial charge in [-0.1, -0.05) is 12.1 Å². The zero-order chi connectivity index (χ0) is 18.8. The van der Waals surface area contributed by atoms with Gasteiger partial charge in [0, 0.05) is 19.3 Å². The van der Waals surface area contributed by atoms with Crippen LogP contribution in [-0.2, 0) is 6.54 Å². The van der Waals surface area contributed by atoms with Gasteiger partial charge in [-0.25, -0.2) is 9.97 Å². The predicted octanol–water partition coefficient (Wildman–Crippen LogP) is 2.08. The third kappa shape index (κ3) is 3.28. The summed E-state index contributed by atoms with van der Waals surface area (Å²) in [7, 11) is 1.61. The summed E-state index contributed by atoms with van der Waals surface area (Å²) in [5.74, 6) is 0.445. The second kappa shape index (κ2) is 7.19. The van der Waals surface area contributed by atoms with Crippen LogP contribution in [0.2, 0.25) is 0 Å².